The average Bonchev–Trinajstić information content (AvgIpc) is 2.71. The lowest BCUT2D eigenvalue weighted by Crippen LogP contribution is -2.33. The molecule has 1 aliphatic carbocycles. The summed E-state index contributed by atoms with van der Waals surface area (Å²) in [5.41, 5.74) is 1.25. The van der Waals surface area contributed by atoms with Crippen LogP contribution in [0.2, 0.25) is 5.02 Å². The zero-order valence-corrected chi connectivity index (χ0v) is 12.1. The van der Waals surface area contributed by atoms with Crippen molar-refractivity contribution in [2.75, 3.05) is 6.54 Å². The fraction of sp³-hybridized carbons (Fsp3) is 0.667. The van der Waals surface area contributed by atoms with Gasteiger partial charge in [0.1, 0.15) is 0 Å². The molecule has 0 aliphatic heterocycles. The van der Waals surface area contributed by atoms with Crippen LogP contribution in [0.1, 0.15) is 38.7 Å². The Balaban J connectivity index is 1.93. The second-order valence-corrected chi connectivity index (χ2v) is 5.84. The van der Waals surface area contributed by atoms with Crippen LogP contribution in [0.5, 0.6) is 0 Å². The zero-order valence-electron chi connectivity index (χ0n) is 11.3. The molecule has 1 N–H and O–H groups in total. The molecule has 0 spiro atoms. The number of pyridine rings is 1. The van der Waals surface area contributed by atoms with Gasteiger partial charge in [-0.3, -0.25) is 4.98 Å². The van der Waals surface area contributed by atoms with E-state index in [1.54, 1.807) is 6.20 Å². The Morgan fingerprint density at radius 2 is 2.28 bits per heavy atom. The molecule has 3 heteroatoms. The first kappa shape index (κ1) is 13.8. The quantitative estimate of drug-likeness (QED) is 0.879. The molecule has 0 radical (unpaired) electrons. The molecule has 1 aromatic heterocycles. The highest BCUT2D eigenvalue weighted by Crippen LogP contribution is 2.35. The van der Waals surface area contributed by atoms with Crippen molar-refractivity contribution in [2.45, 2.75) is 45.6 Å². The Labute approximate surface area is 115 Å². The van der Waals surface area contributed by atoms with Gasteiger partial charge in [-0.2, -0.15) is 0 Å². The van der Waals surface area contributed by atoms with Crippen molar-refractivity contribution in [3.05, 3.63) is 29.0 Å². The van der Waals surface area contributed by atoms with Gasteiger partial charge >= 0.3 is 0 Å². The van der Waals surface area contributed by atoms with Gasteiger partial charge in [-0.15, -0.1) is 0 Å². The standard InChI is InChI=1S/C15H23ClN2/c1-3-7-18-15-5-4-12(11(15)2)9-13-6-8-17-10-14(13)16/h6,8,10-12,15,18H,3-5,7,9H2,1-2H3. The summed E-state index contributed by atoms with van der Waals surface area (Å²) in [6.45, 7) is 5.73. The van der Waals surface area contributed by atoms with E-state index in [0.29, 0.717) is 6.04 Å². The molecular formula is C15H23ClN2. The van der Waals surface area contributed by atoms with Crippen molar-refractivity contribution in [2.24, 2.45) is 11.8 Å². The van der Waals surface area contributed by atoms with Crippen LogP contribution < -0.4 is 5.32 Å². The molecule has 1 saturated carbocycles. The average molecular weight is 267 g/mol. The number of hydrogen-bond donors (Lipinski definition) is 1. The normalized spacial score (nSPS) is 27.6. The summed E-state index contributed by atoms with van der Waals surface area (Å²) >= 11 is 6.19. The fourth-order valence-corrected chi connectivity index (χ4v) is 3.20. The van der Waals surface area contributed by atoms with E-state index < -0.39 is 0 Å². The zero-order chi connectivity index (χ0) is 13.0. The maximum absolute atomic E-state index is 6.19. The van der Waals surface area contributed by atoms with Gasteiger partial charge in [-0.05, 0) is 55.7 Å². The van der Waals surface area contributed by atoms with E-state index in [4.69, 9.17) is 11.6 Å². The summed E-state index contributed by atoms with van der Waals surface area (Å²) in [6, 6.07) is 2.75. The second-order valence-electron chi connectivity index (χ2n) is 5.43. The predicted octanol–water partition coefficient (Wildman–Crippen LogP) is 3.69. The largest absolute Gasteiger partial charge is 0.314 e. The van der Waals surface area contributed by atoms with Crippen molar-refractivity contribution >= 4 is 11.6 Å². The van der Waals surface area contributed by atoms with Crippen molar-refractivity contribution in [3.63, 3.8) is 0 Å². The van der Waals surface area contributed by atoms with Crippen molar-refractivity contribution in [3.8, 4) is 0 Å². The Bertz CT molecular complexity index is 381. The van der Waals surface area contributed by atoms with Gasteiger partial charge in [-0.1, -0.05) is 25.4 Å². The number of hydrogen-bond acceptors (Lipinski definition) is 2. The Morgan fingerprint density at radius 1 is 1.44 bits per heavy atom. The minimum Gasteiger partial charge on any atom is -0.314 e. The minimum atomic E-state index is 0.690. The van der Waals surface area contributed by atoms with Crippen LogP contribution >= 0.6 is 11.6 Å². The molecule has 0 amide bonds. The van der Waals surface area contributed by atoms with Gasteiger partial charge in [0.05, 0.1) is 5.02 Å². The number of nitrogens with zero attached hydrogens (tertiary/aromatic N) is 1. The van der Waals surface area contributed by atoms with E-state index in [2.05, 4.69) is 30.2 Å². The molecule has 1 aromatic rings. The van der Waals surface area contributed by atoms with Gasteiger partial charge in [0.25, 0.3) is 0 Å². The van der Waals surface area contributed by atoms with Gasteiger partial charge < -0.3 is 5.32 Å². The van der Waals surface area contributed by atoms with Crippen LogP contribution in [-0.4, -0.2) is 17.6 Å². The smallest absolute Gasteiger partial charge is 0.0621 e. The van der Waals surface area contributed by atoms with Crippen LogP contribution in [0.4, 0.5) is 0 Å². The molecule has 0 bridgehead atoms. The molecule has 1 fully saturated rings. The molecule has 18 heavy (non-hydrogen) atoms. The van der Waals surface area contributed by atoms with Gasteiger partial charge in [0.2, 0.25) is 0 Å². The third-order valence-electron chi connectivity index (χ3n) is 4.22. The first-order chi connectivity index (χ1) is 8.72. The Morgan fingerprint density at radius 3 is 3.00 bits per heavy atom. The predicted molar refractivity (Wildman–Crippen MR) is 76.9 cm³/mol. The molecule has 2 nitrogen and oxygen atoms in total. The molecule has 0 aromatic carbocycles. The van der Waals surface area contributed by atoms with Crippen LogP contribution in [0.3, 0.4) is 0 Å². The Kier molecular flexibility index (Phi) is 5.02. The van der Waals surface area contributed by atoms with E-state index in [0.717, 1.165) is 29.8 Å². The SMILES string of the molecule is CCCNC1CCC(Cc2ccncc2Cl)C1C. The summed E-state index contributed by atoms with van der Waals surface area (Å²) in [7, 11) is 0. The minimum absolute atomic E-state index is 0.690. The van der Waals surface area contributed by atoms with Crippen LogP contribution in [0, 0.1) is 11.8 Å². The summed E-state index contributed by atoms with van der Waals surface area (Å²) in [6.07, 6.45) is 8.50. The van der Waals surface area contributed by atoms with Crippen molar-refractivity contribution in [1.29, 1.82) is 0 Å². The third kappa shape index (κ3) is 3.24. The molecular weight excluding hydrogens is 244 g/mol. The number of rotatable bonds is 5. The number of halogens is 1. The molecule has 2 rings (SSSR count). The third-order valence-corrected chi connectivity index (χ3v) is 4.56. The van der Waals surface area contributed by atoms with Gasteiger partial charge in [0, 0.05) is 18.4 Å². The number of aromatic nitrogens is 1. The second kappa shape index (κ2) is 6.53. The molecule has 3 atom stereocenters. The molecule has 0 saturated heterocycles. The first-order valence-electron chi connectivity index (χ1n) is 7.04. The van der Waals surface area contributed by atoms with E-state index in [1.165, 1.54) is 24.8 Å². The summed E-state index contributed by atoms with van der Waals surface area (Å²) in [5, 5.41) is 4.48. The summed E-state index contributed by atoms with van der Waals surface area (Å²) in [5.74, 6) is 1.49. The highest BCUT2D eigenvalue weighted by atomic mass is 35.5. The van der Waals surface area contributed by atoms with Crippen LogP contribution in [0.15, 0.2) is 18.5 Å². The van der Waals surface area contributed by atoms with Gasteiger partial charge in [0.15, 0.2) is 0 Å². The van der Waals surface area contributed by atoms with Crippen molar-refractivity contribution < 1.29 is 0 Å². The van der Waals surface area contributed by atoms with Crippen LogP contribution in [0.25, 0.3) is 0 Å². The molecule has 1 aliphatic rings. The monoisotopic (exact) mass is 266 g/mol. The lowest BCUT2D eigenvalue weighted by Gasteiger charge is -2.22. The topological polar surface area (TPSA) is 24.9 Å². The van der Waals surface area contributed by atoms with E-state index >= 15 is 0 Å². The van der Waals surface area contributed by atoms with E-state index in [9.17, 15) is 0 Å². The fourth-order valence-electron chi connectivity index (χ4n) is 3.01. The molecule has 1 heterocycles. The van der Waals surface area contributed by atoms with Crippen molar-refractivity contribution in [1.82, 2.24) is 10.3 Å². The summed E-state index contributed by atoms with van der Waals surface area (Å²) in [4.78, 5) is 4.05. The first-order valence-corrected chi connectivity index (χ1v) is 7.42. The summed E-state index contributed by atoms with van der Waals surface area (Å²) < 4.78 is 0. The number of nitrogens with one attached hydrogen (secondary N) is 1. The highest BCUT2D eigenvalue weighted by Gasteiger charge is 2.32. The van der Waals surface area contributed by atoms with E-state index in [1.807, 2.05) is 6.20 Å². The molecule has 100 valence electrons. The highest BCUT2D eigenvalue weighted by molar-refractivity contribution is 6.31. The lowest BCUT2D eigenvalue weighted by atomic mass is 9.90. The maximum Gasteiger partial charge on any atom is 0.0621 e. The molecule has 3 unspecified atom stereocenters. The lowest BCUT2D eigenvalue weighted by molar-refractivity contribution is 0.351. The van der Waals surface area contributed by atoms with E-state index in [-0.39, 0.29) is 0 Å². The Hall–Kier alpha value is -0.600. The van der Waals surface area contributed by atoms with Gasteiger partial charge in [-0.25, -0.2) is 0 Å². The maximum atomic E-state index is 6.19. The van der Waals surface area contributed by atoms with Crippen LogP contribution in [-0.2, 0) is 6.42 Å².